The lowest BCUT2D eigenvalue weighted by molar-refractivity contribution is 0.174. The van der Waals surface area contributed by atoms with Gasteiger partial charge in [0.05, 0.1) is 22.8 Å². The number of benzene rings is 2. The minimum absolute atomic E-state index is 0.144. The average molecular weight is 369 g/mol. The molecule has 0 bridgehead atoms. The molecule has 6 nitrogen and oxygen atoms in total. The second-order valence-electron chi connectivity index (χ2n) is 6.22. The standard InChI is InChI=1S/C19H19N3O3S/c1-12(13-7-8-15-16(9-13)25-11-24-15)20-19(23)22(2)10-18-21-14-5-3-4-6-17(14)26-18/h3-9,12H,10-11H2,1-2H3,(H,20,23). The number of carbonyl (C=O) groups is 1. The number of para-hydroxylation sites is 1. The molecule has 2 heterocycles. The summed E-state index contributed by atoms with van der Waals surface area (Å²) in [5.74, 6) is 1.45. The van der Waals surface area contributed by atoms with Crippen LogP contribution in [0, 0.1) is 0 Å². The molecule has 2 aromatic carbocycles. The van der Waals surface area contributed by atoms with Crippen LogP contribution in [0.5, 0.6) is 11.5 Å². The summed E-state index contributed by atoms with van der Waals surface area (Å²) in [6.07, 6.45) is 0. The molecule has 26 heavy (non-hydrogen) atoms. The van der Waals surface area contributed by atoms with Crippen LogP contribution in [0.4, 0.5) is 4.79 Å². The summed E-state index contributed by atoms with van der Waals surface area (Å²) in [6.45, 7) is 2.66. The van der Waals surface area contributed by atoms with Crippen LogP contribution in [0.25, 0.3) is 10.2 Å². The number of amides is 2. The predicted molar refractivity (Wildman–Crippen MR) is 101 cm³/mol. The number of nitrogens with zero attached hydrogens (tertiary/aromatic N) is 2. The van der Waals surface area contributed by atoms with E-state index in [0.717, 1.165) is 26.5 Å². The SMILES string of the molecule is CC(NC(=O)N(C)Cc1nc2ccccc2s1)c1ccc2c(c1)OCO2. The van der Waals surface area contributed by atoms with Gasteiger partial charge in [-0.05, 0) is 36.8 Å². The molecule has 1 aliphatic heterocycles. The lowest BCUT2D eigenvalue weighted by Gasteiger charge is -2.21. The molecule has 1 N–H and O–H groups in total. The van der Waals surface area contributed by atoms with Crippen LogP contribution >= 0.6 is 11.3 Å². The Balaban J connectivity index is 1.40. The quantitative estimate of drug-likeness (QED) is 0.757. The first-order valence-corrected chi connectivity index (χ1v) is 9.17. The zero-order chi connectivity index (χ0) is 18.1. The van der Waals surface area contributed by atoms with Crippen molar-refractivity contribution in [2.24, 2.45) is 0 Å². The van der Waals surface area contributed by atoms with E-state index in [1.54, 1.807) is 23.3 Å². The smallest absolute Gasteiger partial charge is 0.317 e. The van der Waals surface area contributed by atoms with Gasteiger partial charge in [0.2, 0.25) is 6.79 Å². The normalized spacial score (nSPS) is 13.6. The molecule has 0 saturated carbocycles. The highest BCUT2D eigenvalue weighted by Crippen LogP contribution is 2.34. The third-order valence-electron chi connectivity index (χ3n) is 4.29. The van der Waals surface area contributed by atoms with E-state index in [4.69, 9.17) is 9.47 Å². The molecule has 4 rings (SSSR count). The van der Waals surface area contributed by atoms with Gasteiger partial charge in [0.15, 0.2) is 11.5 Å². The minimum Gasteiger partial charge on any atom is -0.454 e. The largest absolute Gasteiger partial charge is 0.454 e. The van der Waals surface area contributed by atoms with Crippen molar-refractivity contribution in [2.45, 2.75) is 19.5 Å². The fraction of sp³-hybridized carbons (Fsp3) is 0.263. The summed E-state index contributed by atoms with van der Waals surface area (Å²) in [4.78, 5) is 18.7. The highest BCUT2D eigenvalue weighted by atomic mass is 32.1. The number of aromatic nitrogens is 1. The summed E-state index contributed by atoms with van der Waals surface area (Å²) < 4.78 is 11.8. The molecule has 7 heteroatoms. The summed E-state index contributed by atoms with van der Waals surface area (Å²) in [5, 5.41) is 3.92. The van der Waals surface area contributed by atoms with Crippen molar-refractivity contribution in [1.82, 2.24) is 15.2 Å². The molecular formula is C19H19N3O3S. The second-order valence-corrected chi connectivity index (χ2v) is 7.33. The van der Waals surface area contributed by atoms with Gasteiger partial charge in [-0.2, -0.15) is 0 Å². The first kappa shape index (κ1) is 16.7. The molecule has 0 saturated heterocycles. The maximum Gasteiger partial charge on any atom is 0.317 e. The van der Waals surface area contributed by atoms with E-state index in [2.05, 4.69) is 10.3 Å². The second kappa shape index (κ2) is 6.84. The Bertz CT molecular complexity index is 923. The van der Waals surface area contributed by atoms with Gasteiger partial charge in [0.1, 0.15) is 5.01 Å². The van der Waals surface area contributed by atoms with E-state index >= 15 is 0 Å². The van der Waals surface area contributed by atoms with Crippen molar-refractivity contribution >= 4 is 27.6 Å². The van der Waals surface area contributed by atoms with E-state index in [1.807, 2.05) is 49.4 Å². The van der Waals surface area contributed by atoms with Gasteiger partial charge in [0, 0.05) is 7.05 Å². The summed E-state index contributed by atoms with van der Waals surface area (Å²) in [6, 6.07) is 13.4. The highest BCUT2D eigenvalue weighted by molar-refractivity contribution is 7.18. The summed E-state index contributed by atoms with van der Waals surface area (Å²) in [7, 11) is 1.77. The summed E-state index contributed by atoms with van der Waals surface area (Å²) >= 11 is 1.61. The minimum atomic E-state index is -0.144. The zero-order valence-corrected chi connectivity index (χ0v) is 15.4. The predicted octanol–water partition coefficient (Wildman–Crippen LogP) is 3.93. The highest BCUT2D eigenvalue weighted by Gasteiger charge is 2.18. The molecule has 3 aromatic rings. The fourth-order valence-corrected chi connectivity index (χ4v) is 3.84. The van der Waals surface area contributed by atoms with Gasteiger partial charge in [-0.25, -0.2) is 9.78 Å². The zero-order valence-electron chi connectivity index (χ0n) is 14.6. The van der Waals surface area contributed by atoms with Gasteiger partial charge < -0.3 is 19.7 Å². The monoisotopic (exact) mass is 369 g/mol. The lowest BCUT2D eigenvalue weighted by atomic mass is 10.1. The number of thiazole rings is 1. The number of ether oxygens (including phenoxy) is 2. The van der Waals surface area contributed by atoms with Crippen LogP contribution in [-0.4, -0.2) is 29.8 Å². The lowest BCUT2D eigenvalue weighted by Crippen LogP contribution is -2.38. The molecule has 0 radical (unpaired) electrons. The Labute approximate surface area is 155 Å². The van der Waals surface area contributed by atoms with Crippen LogP contribution in [-0.2, 0) is 6.54 Å². The molecule has 1 aliphatic rings. The summed E-state index contributed by atoms with van der Waals surface area (Å²) in [5.41, 5.74) is 1.94. The van der Waals surface area contributed by atoms with Gasteiger partial charge in [-0.1, -0.05) is 18.2 Å². The molecule has 0 fully saturated rings. The third kappa shape index (κ3) is 3.30. The van der Waals surface area contributed by atoms with E-state index in [1.165, 1.54) is 0 Å². The van der Waals surface area contributed by atoms with Crippen LogP contribution in [0.2, 0.25) is 0 Å². The van der Waals surface area contributed by atoms with Crippen molar-refractivity contribution in [3.8, 4) is 11.5 Å². The maximum atomic E-state index is 12.5. The molecule has 0 aliphatic carbocycles. The molecule has 1 aromatic heterocycles. The molecule has 134 valence electrons. The molecule has 1 unspecified atom stereocenters. The molecule has 2 amide bonds. The van der Waals surface area contributed by atoms with Gasteiger partial charge in [-0.3, -0.25) is 0 Å². The Hall–Kier alpha value is -2.80. The number of fused-ring (bicyclic) bond motifs is 2. The topological polar surface area (TPSA) is 63.7 Å². The van der Waals surface area contributed by atoms with E-state index in [9.17, 15) is 4.79 Å². The van der Waals surface area contributed by atoms with Crippen molar-refractivity contribution in [3.63, 3.8) is 0 Å². The van der Waals surface area contributed by atoms with Crippen molar-refractivity contribution in [1.29, 1.82) is 0 Å². The Morgan fingerprint density at radius 2 is 2.08 bits per heavy atom. The van der Waals surface area contributed by atoms with Crippen LogP contribution in [0.15, 0.2) is 42.5 Å². The number of urea groups is 1. The van der Waals surface area contributed by atoms with E-state index < -0.39 is 0 Å². The number of nitrogens with one attached hydrogen (secondary N) is 1. The molecular weight excluding hydrogens is 350 g/mol. The van der Waals surface area contributed by atoms with E-state index in [-0.39, 0.29) is 18.9 Å². The van der Waals surface area contributed by atoms with Crippen LogP contribution in [0.1, 0.15) is 23.5 Å². The van der Waals surface area contributed by atoms with E-state index in [0.29, 0.717) is 12.3 Å². The Kier molecular flexibility index (Phi) is 4.38. The first-order chi connectivity index (χ1) is 12.6. The Morgan fingerprint density at radius 3 is 2.92 bits per heavy atom. The van der Waals surface area contributed by atoms with Gasteiger partial charge >= 0.3 is 6.03 Å². The van der Waals surface area contributed by atoms with Crippen molar-refractivity contribution < 1.29 is 14.3 Å². The van der Waals surface area contributed by atoms with Crippen molar-refractivity contribution in [3.05, 3.63) is 53.0 Å². The maximum absolute atomic E-state index is 12.5. The fourth-order valence-electron chi connectivity index (χ4n) is 2.82. The van der Waals surface area contributed by atoms with Gasteiger partial charge in [0.25, 0.3) is 0 Å². The van der Waals surface area contributed by atoms with Crippen molar-refractivity contribution in [2.75, 3.05) is 13.8 Å². The number of rotatable bonds is 4. The molecule has 1 atom stereocenters. The third-order valence-corrected chi connectivity index (χ3v) is 5.32. The number of carbonyl (C=O) groups excluding carboxylic acids is 1. The number of hydrogen-bond donors (Lipinski definition) is 1. The Morgan fingerprint density at radius 1 is 1.27 bits per heavy atom. The average Bonchev–Trinajstić information content (AvgIpc) is 3.26. The molecule has 0 spiro atoms. The number of hydrogen-bond acceptors (Lipinski definition) is 5. The first-order valence-electron chi connectivity index (χ1n) is 8.36. The van der Waals surface area contributed by atoms with Crippen LogP contribution < -0.4 is 14.8 Å². The van der Waals surface area contributed by atoms with Gasteiger partial charge in [-0.15, -0.1) is 11.3 Å². The van der Waals surface area contributed by atoms with Crippen LogP contribution in [0.3, 0.4) is 0 Å².